The normalized spacial score (nSPS) is 12.9. The zero-order valence-corrected chi connectivity index (χ0v) is 14.3. The molecule has 0 aliphatic heterocycles. The van der Waals surface area contributed by atoms with Gasteiger partial charge in [-0.05, 0) is 42.5 Å². The summed E-state index contributed by atoms with van der Waals surface area (Å²) in [5.74, 6) is 0. The van der Waals surface area contributed by atoms with Crippen molar-refractivity contribution < 1.29 is 34.8 Å². The minimum Gasteiger partial charge on any atom is -0.280 e. The van der Waals surface area contributed by atoms with Crippen LogP contribution in [-0.2, 0) is 22.4 Å². The molecule has 25 heavy (non-hydrogen) atoms. The van der Waals surface area contributed by atoms with Crippen LogP contribution in [0.1, 0.15) is 11.1 Å². The van der Waals surface area contributed by atoms with Crippen LogP contribution in [0.4, 0.5) is 32.0 Å². The van der Waals surface area contributed by atoms with Crippen molar-refractivity contribution >= 4 is 31.6 Å². The van der Waals surface area contributed by atoms with Crippen molar-refractivity contribution in [1.82, 2.24) is 0 Å². The summed E-state index contributed by atoms with van der Waals surface area (Å²) < 4.78 is 102. The van der Waals surface area contributed by atoms with E-state index in [1.165, 1.54) is 0 Å². The van der Waals surface area contributed by atoms with Gasteiger partial charge in [0.1, 0.15) is 0 Å². The third-order valence-electron chi connectivity index (χ3n) is 3.02. The van der Waals surface area contributed by atoms with Crippen LogP contribution in [0.5, 0.6) is 0 Å². The first-order valence-electron chi connectivity index (χ1n) is 6.37. The largest absolute Gasteiger partial charge is 0.417 e. The maximum Gasteiger partial charge on any atom is 0.417 e. The summed E-state index contributed by atoms with van der Waals surface area (Å²) in [6.45, 7) is 0. The van der Waals surface area contributed by atoms with E-state index in [2.05, 4.69) is 15.9 Å². The second-order valence-electron chi connectivity index (χ2n) is 4.82. The molecule has 136 valence electrons. The predicted molar refractivity (Wildman–Crippen MR) is 81.4 cm³/mol. The van der Waals surface area contributed by atoms with Crippen LogP contribution in [0.3, 0.4) is 0 Å². The maximum absolute atomic E-state index is 12.8. The number of sulfonamides is 1. The summed E-state index contributed by atoms with van der Waals surface area (Å²) >= 11 is 2.68. The molecular weight excluding hydrogens is 440 g/mol. The van der Waals surface area contributed by atoms with Crippen LogP contribution in [0, 0.1) is 0 Å². The minimum absolute atomic E-state index is 0.218. The second kappa shape index (κ2) is 6.52. The quantitative estimate of drug-likeness (QED) is 0.650. The lowest BCUT2D eigenvalue weighted by Gasteiger charge is -2.13. The van der Waals surface area contributed by atoms with Gasteiger partial charge < -0.3 is 0 Å². The summed E-state index contributed by atoms with van der Waals surface area (Å²) in [5, 5.41) is 0. The molecule has 0 aliphatic rings. The number of benzene rings is 2. The van der Waals surface area contributed by atoms with Gasteiger partial charge in [0.05, 0.1) is 16.0 Å². The van der Waals surface area contributed by atoms with E-state index in [4.69, 9.17) is 0 Å². The summed E-state index contributed by atoms with van der Waals surface area (Å²) in [7, 11) is -4.41. The van der Waals surface area contributed by atoms with E-state index in [1.807, 2.05) is 4.72 Å². The third kappa shape index (κ3) is 4.66. The highest BCUT2D eigenvalue weighted by Gasteiger charge is 2.34. The molecule has 0 atom stereocenters. The summed E-state index contributed by atoms with van der Waals surface area (Å²) in [5.41, 5.74) is -2.40. The molecule has 0 radical (unpaired) electrons. The molecule has 0 bridgehead atoms. The Morgan fingerprint density at radius 1 is 0.840 bits per heavy atom. The molecule has 0 saturated carbocycles. The fourth-order valence-electron chi connectivity index (χ4n) is 1.83. The first-order chi connectivity index (χ1) is 11.3. The monoisotopic (exact) mass is 447 g/mol. The van der Waals surface area contributed by atoms with Crippen molar-refractivity contribution in [2.45, 2.75) is 17.2 Å². The highest BCUT2D eigenvalue weighted by molar-refractivity contribution is 9.10. The first kappa shape index (κ1) is 19.6. The molecule has 0 amide bonds. The number of anilines is 1. The summed E-state index contributed by atoms with van der Waals surface area (Å²) in [4.78, 5) is -0.678. The van der Waals surface area contributed by atoms with Crippen molar-refractivity contribution in [3.05, 3.63) is 58.1 Å². The molecule has 2 aromatic rings. The molecule has 0 unspecified atom stereocenters. The molecule has 0 spiro atoms. The molecule has 2 rings (SSSR count). The van der Waals surface area contributed by atoms with Gasteiger partial charge in [0, 0.05) is 10.2 Å². The van der Waals surface area contributed by atoms with Gasteiger partial charge in [-0.1, -0.05) is 15.9 Å². The molecule has 11 heteroatoms. The molecule has 2 aromatic carbocycles. The fourth-order valence-corrected chi connectivity index (χ4v) is 3.39. The van der Waals surface area contributed by atoms with E-state index in [9.17, 15) is 34.8 Å². The van der Waals surface area contributed by atoms with E-state index in [1.54, 1.807) is 0 Å². The predicted octanol–water partition coefficient (Wildman–Crippen LogP) is 5.29. The zero-order valence-electron chi connectivity index (χ0n) is 11.9. The van der Waals surface area contributed by atoms with Gasteiger partial charge in [-0.25, -0.2) is 8.42 Å². The Hall–Kier alpha value is -1.75. The fraction of sp³-hybridized carbons (Fsp3) is 0.143. The molecule has 0 heterocycles. The zero-order chi connectivity index (χ0) is 19.0. The van der Waals surface area contributed by atoms with Crippen LogP contribution in [-0.4, -0.2) is 8.42 Å². The number of nitrogens with one attached hydrogen (secondary N) is 1. The Balaban J connectivity index is 2.34. The van der Waals surface area contributed by atoms with Crippen LogP contribution in [0.2, 0.25) is 0 Å². The number of halogens is 7. The molecule has 1 N–H and O–H groups in total. The Morgan fingerprint density at radius 3 is 1.88 bits per heavy atom. The smallest absolute Gasteiger partial charge is 0.280 e. The van der Waals surface area contributed by atoms with Crippen molar-refractivity contribution in [1.29, 1.82) is 0 Å². The molecule has 0 aromatic heterocycles. The average molecular weight is 448 g/mol. The second-order valence-corrected chi connectivity index (χ2v) is 7.36. The maximum atomic E-state index is 12.8. The van der Waals surface area contributed by atoms with Crippen LogP contribution in [0.15, 0.2) is 51.8 Å². The van der Waals surface area contributed by atoms with Crippen LogP contribution >= 0.6 is 15.9 Å². The molecule has 0 saturated heterocycles. The molecular formula is C14H8BrF6NO2S. The van der Waals surface area contributed by atoms with E-state index in [0.717, 1.165) is 24.3 Å². The van der Waals surface area contributed by atoms with Crippen LogP contribution < -0.4 is 4.72 Å². The van der Waals surface area contributed by atoms with Crippen molar-refractivity contribution in [3.8, 4) is 0 Å². The Bertz CT molecular complexity index is 876. The first-order valence-corrected chi connectivity index (χ1v) is 8.65. The minimum atomic E-state index is -4.78. The molecule has 0 fully saturated rings. The van der Waals surface area contributed by atoms with Gasteiger partial charge in [-0.3, -0.25) is 4.72 Å². The van der Waals surface area contributed by atoms with E-state index in [-0.39, 0.29) is 10.2 Å². The van der Waals surface area contributed by atoms with E-state index in [0.29, 0.717) is 18.2 Å². The van der Waals surface area contributed by atoms with E-state index >= 15 is 0 Å². The highest BCUT2D eigenvalue weighted by atomic mass is 79.9. The van der Waals surface area contributed by atoms with Crippen molar-refractivity contribution in [2.75, 3.05) is 4.72 Å². The standard InChI is InChI=1S/C14H8BrF6NO2S/c15-12-6-5-10(7-11(12)14(19,20)21)25(23,24)22-9-3-1-8(2-4-9)13(16,17)18/h1-7,22H. The van der Waals surface area contributed by atoms with Gasteiger partial charge >= 0.3 is 12.4 Å². The van der Waals surface area contributed by atoms with Crippen molar-refractivity contribution in [2.24, 2.45) is 0 Å². The van der Waals surface area contributed by atoms with Gasteiger partial charge in [-0.15, -0.1) is 0 Å². The summed E-state index contributed by atoms with van der Waals surface area (Å²) in [6, 6.07) is 5.32. The highest BCUT2D eigenvalue weighted by Crippen LogP contribution is 2.36. The topological polar surface area (TPSA) is 46.2 Å². The van der Waals surface area contributed by atoms with Crippen LogP contribution in [0.25, 0.3) is 0 Å². The average Bonchev–Trinajstić information content (AvgIpc) is 2.45. The lowest BCUT2D eigenvalue weighted by atomic mass is 10.2. The lowest BCUT2D eigenvalue weighted by Crippen LogP contribution is -2.15. The van der Waals surface area contributed by atoms with Gasteiger partial charge in [0.25, 0.3) is 10.0 Å². The van der Waals surface area contributed by atoms with E-state index < -0.39 is 38.4 Å². The Kier molecular flexibility index (Phi) is 5.11. The number of hydrogen-bond acceptors (Lipinski definition) is 2. The van der Waals surface area contributed by atoms with Gasteiger partial charge in [0.2, 0.25) is 0 Å². The number of hydrogen-bond donors (Lipinski definition) is 1. The van der Waals surface area contributed by atoms with Crippen molar-refractivity contribution in [3.63, 3.8) is 0 Å². The molecule has 3 nitrogen and oxygen atoms in total. The lowest BCUT2D eigenvalue weighted by molar-refractivity contribution is -0.138. The van der Waals surface area contributed by atoms with Gasteiger partial charge in [-0.2, -0.15) is 26.3 Å². The molecule has 0 aliphatic carbocycles. The Labute approximate surface area is 146 Å². The van der Waals surface area contributed by atoms with Gasteiger partial charge in [0.15, 0.2) is 0 Å². The number of alkyl halides is 6. The summed E-state index contributed by atoms with van der Waals surface area (Å²) in [6.07, 6.45) is -9.37. The SMILES string of the molecule is O=S(=O)(Nc1ccc(C(F)(F)F)cc1)c1ccc(Br)c(C(F)(F)F)c1. The third-order valence-corrected chi connectivity index (χ3v) is 5.09. The Morgan fingerprint density at radius 2 is 1.40 bits per heavy atom. The number of rotatable bonds is 3.